The molecule has 1 unspecified atom stereocenters. The monoisotopic (exact) mass is 325 g/mol. The molecule has 0 aromatic heterocycles. The van der Waals surface area contributed by atoms with E-state index in [1.165, 1.54) is 6.07 Å². The fourth-order valence-corrected chi connectivity index (χ4v) is 2.92. The first-order chi connectivity index (χ1) is 10.4. The van der Waals surface area contributed by atoms with Gasteiger partial charge in [0, 0.05) is 25.1 Å². The molecule has 1 aromatic rings. The zero-order chi connectivity index (χ0) is 16.3. The van der Waals surface area contributed by atoms with Crippen LogP contribution >= 0.6 is 11.6 Å². The molecule has 2 rings (SSSR count). The number of carbonyl (C=O) groups is 1. The second-order valence-corrected chi connectivity index (χ2v) is 5.93. The number of benzene rings is 1. The Kier molecular flexibility index (Phi) is 5.24. The Balaban J connectivity index is 2.46. The van der Waals surface area contributed by atoms with Crippen molar-refractivity contribution in [1.29, 1.82) is 0 Å². The Morgan fingerprint density at radius 2 is 2.23 bits per heavy atom. The van der Waals surface area contributed by atoms with Crippen molar-refractivity contribution in [1.82, 2.24) is 0 Å². The number of hydrogen-bond acceptors (Lipinski definition) is 4. The minimum absolute atomic E-state index is 0.0201. The molecule has 1 aromatic carbocycles. The third-order valence-electron chi connectivity index (χ3n) is 3.97. The summed E-state index contributed by atoms with van der Waals surface area (Å²) in [6, 6.07) is 3.17. The molecule has 120 valence electrons. The lowest BCUT2D eigenvalue weighted by atomic mass is 10.0. The van der Waals surface area contributed by atoms with Crippen LogP contribution in [-0.4, -0.2) is 23.4 Å². The predicted octanol–water partition coefficient (Wildman–Crippen LogP) is 3.98. The molecule has 0 aliphatic carbocycles. The van der Waals surface area contributed by atoms with Gasteiger partial charge in [-0.1, -0.05) is 18.5 Å². The van der Waals surface area contributed by atoms with Crippen molar-refractivity contribution in [3.63, 3.8) is 0 Å². The van der Waals surface area contributed by atoms with Gasteiger partial charge in [0.2, 0.25) is 5.91 Å². The molecule has 0 bridgehead atoms. The van der Waals surface area contributed by atoms with Gasteiger partial charge in [-0.15, -0.1) is 0 Å². The molecule has 1 amide bonds. The molecule has 1 aliphatic rings. The number of nitro benzene ring substituents is 1. The van der Waals surface area contributed by atoms with Crippen LogP contribution in [0.25, 0.3) is 0 Å². The van der Waals surface area contributed by atoms with E-state index in [1.54, 1.807) is 13.0 Å². The number of carbonyl (C=O) groups excluding carboxylic acids is 1. The molecule has 1 atom stereocenters. The van der Waals surface area contributed by atoms with Gasteiger partial charge < -0.3 is 10.2 Å². The van der Waals surface area contributed by atoms with E-state index in [2.05, 4.69) is 12.2 Å². The molecule has 0 radical (unpaired) electrons. The molecule has 1 saturated heterocycles. The fraction of sp³-hybridized carbons (Fsp3) is 0.533. The van der Waals surface area contributed by atoms with Crippen LogP contribution in [0.5, 0.6) is 0 Å². The van der Waals surface area contributed by atoms with E-state index in [0.717, 1.165) is 25.8 Å². The van der Waals surface area contributed by atoms with Crippen LogP contribution in [0.2, 0.25) is 5.02 Å². The number of piperidine rings is 1. The van der Waals surface area contributed by atoms with E-state index in [4.69, 9.17) is 11.6 Å². The highest BCUT2D eigenvalue weighted by molar-refractivity contribution is 6.34. The highest BCUT2D eigenvalue weighted by Gasteiger charge is 2.27. The van der Waals surface area contributed by atoms with Crippen molar-refractivity contribution in [2.75, 3.05) is 16.8 Å². The van der Waals surface area contributed by atoms with E-state index in [0.29, 0.717) is 17.8 Å². The van der Waals surface area contributed by atoms with Gasteiger partial charge in [-0.05, 0) is 32.3 Å². The highest BCUT2D eigenvalue weighted by Crippen LogP contribution is 2.39. The maximum atomic E-state index is 11.6. The van der Waals surface area contributed by atoms with Gasteiger partial charge in [-0.25, -0.2) is 0 Å². The second kappa shape index (κ2) is 6.96. The number of nitro groups is 1. The van der Waals surface area contributed by atoms with E-state index in [1.807, 2.05) is 4.90 Å². The van der Waals surface area contributed by atoms with Crippen LogP contribution in [0.3, 0.4) is 0 Å². The zero-order valence-corrected chi connectivity index (χ0v) is 13.5. The molecule has 1 N–H and O–H groups in total. The third-order valence-corrected chi connectivity index (χ3v) is 4.28. The summed E-state index contributed by atoms with van der Waals surface area (Å²) in [5, 5.41) is 14.2. The van der Waals surface area contributed by atoms with Crippen LogP contribution in [0, 0.1) is 10.1 Å². The molecule has 0 spiro atoms. The Labute approximate surface area is 134 Å². The van der Waals surface area contributed by atoms with E-state index >= 15 is 0 Å². The third kappa shape index (κ3) is 3.50. The lowest BCUT2D eigenvalue weighted by molar-refractivity contribution is -0.384. The molecule has 6 nitrogen and oxygen atoms in total. The summed E-state index contributed by atoms with van der Waals surface area (Å²) in [6.45, 7) is 4.56. The molecule has 7 heteroatoms. The number of nitrogens with one attached hydrogen (secondary N) is 1. The van der Waals surface area contributed by atoms with Crippen molar-refractivity contribution in [3.8, 4) is 0 Å². The minimum atomic E-state index is -0.423. The Bertz CT molecular complexity index is 592. The summed E-state index contributed by atoms with van der Waals surface area (Å²) >= 11 is 6.08. The average Bonchev–Trinajstić information content (AvgIpc) is 2.49. The summed E-state index contributed by atoms with van der Waals surface area (Å²) < 4.78 is 0. The summed E-state index contributed by atoms with van der Waals surface area (Å²) in [7, 11) is 0. The standard InChI is InChI=1S/C15H20ClN3O3/c1-3-15(20)17-12-9-13(14(19(21)22)8-11(12)16)18-7-5-4-6-10(18)2/h8-10H,3-7H2,1-2H3,(H,17,20). The van der Waals surface area contributed by atoms with Crippen LogP contribution < -0.4 is 10.2 Å². The highest BCUT2D eigenvalue weighted by atomic mass is 35.5. The van der Waals surface area contributed by atoms with Crippen LogP contribution in [0.4, 0.5) is 17.1 Å². The maximum Gasteiger partial charge on any atom is 0.294 e. The number of rotatable bonds is 4. The van der Waals surface area contributed by atoms with Gasteiger partial charge in [0.15, 0.2) is 0 Å². The lowest BCUT2D eigenvalue weighted by Gasteiger charge is -2.35. The second-order valence-electron chi connectivity index (χ2n) is 5.52. The van der Waals surface area contributed by atoms with Gasteiger partial charge in [0.05, 0.1) is 15.6 Å². The smallest absolute Gasteiger partial charge is 0.294 e. The quantitative estimate of drug-likeness (QED) is 0.671. The van der Waals surface area contributed by atoms with E-state index in [9.17, 15) is 14.9 Å². The maximum absolute atomic E-state index is 11.6. The molecule has 1 fully saturated rings. The number of halogens is 1. The Morgan fingerprint density at radius 3 is 2.82 bits per heavy atom. The summed E-state index contributed by atoms with van der Waals surface area (Å²) in [6.07, 6.45) is 3.44. The van der Waals surface area contributed by atoms with Crippen LogP contribution in [0.1, 0.15) is 39.5 Å². The van der Waals surface area contributed by atoms with Crippen molar-refractivity contribution >= 4 is 34.6 Å². The first-order valence-electron chi connectivity index (χ1n) is 7.48. The van der Waals surface area contributed by atoms with Crippen molar-refractivity contribution in [3.05, 3.63) is 27.3 Å². The van der Waals surface area contributed by atoms with Gasteiger partial charge in [-0.2, -0.15) is 0 Å². The molecular weight excluding hydrogens is 306 g/mol. The normalized spacial score (nSPS) is 18.1. The van der Waals surface area contributed by atoms with Crippen molar-refractivity contribution in [2.24, 2.45) is 0 Å². The average molecular weight is 326 g/mol. The minimum Gasteiger partial charge on any atom is -0.363 e. The van der Waals surface area contributed by atoms with E-state index < -0.39 is 4.92 Å². The lowest BCUT2D eigenvalue weighted by Crippen LogP contribution is -2.37. The largest absolute Gasteiger partial charge is 0.363 e. The van der Waals surface area contributed by atoms with Crippen LogP contribution in [0.15, 0.2) is 12.1 Å². The van der Waals surface area contributed by atoms with Crippen LogP contribution in [-0.2, 0) is 4.79 Å². The summed E-state index contributed by atoms with van der Waals surface area (Å²) in [5.74, 6) is -0.173. The molecular formula is C15H20ClN3O3. The van der Waals surface area contributed by atoms with Gasteiger partial charge in [0.1, 0.15) is 5.69 Å². The van der Waals surface area contributed by atoms with Gasteiger partial charge >= 0.3 is 0 Å². The number of anilines is 2. The number of amides is 1. The van der Waals surface area contributed by atoms with Gasteiger partial charge in [0.25, 0.3) is 5.69 Å². The SMILES string of the molecule is CCC(=O)Nc1cc(N2CCCCC2C)c([N+](=O)[O-])cc1Cl. The van der Waals surface area contributed by atoms with Crippen molar-refractivity contribution < 1.29 is 9.72 Å². The summed E-state index contributed by atoms with van der Waals surface area (Å²) in [4.78, 5) is 24.5. The van der Waals surface area contributed by atoms with E-state index in [-0.39, 0.29) is 22.7 Å². The molecule has 1 aliphatic heterocycles. The predicted molar refractivity (Wildman–Crippen MR) is 87.7 cm³/mol. The molecule has 22 heavy (non-hydrogen) atoms. The Morgan fingerprint density at radius 1 is 1.50 bits per heavy atom. The summed E-state index contributed by atoms with van der Waals surface area (Å²) in [5.41, 5.74) is 0.924. The number of hydrogen-bond donors (Lipinski definition) is 1. The Hall–Kier alpha value is -1.82. The topological polar surface area (TPSA) is 75.5 Å². The molecule has 0 saturated carbocycles. The van der Waals surface area contributed by atoms with Gasteiger partial charge in [-0.3, -0.25) is 14.9 Å². The number of nitrogens with zero attached hydrogens (tertiary/aromatic N) is 2. The van der Waals surface area contributed by atoms with Crippen molar-refractivity contribution in [2.45, 2.75) is 45.6 Å². The first kappa shape index (κ1) is 16.5. The fourth-order valence-electron chi connectivity index (χ4n) is 2.72. The molecule has 1 heterocycles. The zero-order valence-electron chi connectivity index (χ0n) is 12.8. The first-order valence-corrected chi connectivity index (χ1v) is 7.86.